The van der Waals surface area contributed by atoms with Crippen LogP contribution in [0.2, 0.25) is 0 Å². The minimum absolute atomic E-state index is 0.00646. The first-order chi connectivity index (χ1) is 18.4. The third kappa shape index (κ3) is 4.97. The number of nitrogens with zero attached hydrogens (tertiary/aromatic N) is 3. The van der Waals surface area contributed by atoms with Crippen LogP contribution in [0.1, 0.15) is 34.3 Å². The molecule has 0 unspecified atom stereocenters. The van der Waals surface area contributed by atoms with Gasteiger partial charge in [-0.1, -0.05) is 42.5 Å². The van der Waals surface area contributed by atoms with Gasteiger partial charge in [0.2, 0.25) is 0 Å². The number of hydrogen-bond donors (Lipinski definition) is 3. The Morgan fingerprint density at radius 1 is 1.00 bits per heavy atom. The first kappa shape index (κ1) is 24.7. The molecule has 1 aliphatic carbocycles. The average Bonchev–Trinajstić information content (AvgIpc) is 3.58. The fourth-order valence-electron chi connectivity index (χ4n) is 4.65. The molecule has 9 heteroatoms. The van der Waals surface area contributed by atoms with Crippen molar-refractivity contribution in [2.45, 2.75) is 24.9 Å². The van der Waals surface area contributed by atoms with Gasteiger partial charge in [0.15, 0.2) is 0 Å². The molecule has 0 radical (unpaired) electrons. The highest BCUT2D eigenvalue weighted by Gasteiger charge is 2.47. The van der Waals surface area contributed by atoms with Gasteiger partial charge >= 0.3 is 11.8 Å². The van der Waals surface area contributed by atoms with Gasteiger partial charge in [-0.05, 0) is 59.0 Å². The largest absolute Gasteiger partial charge is 0.344 e. The smallest absolute Gasteiger partial charge is 0.310 e. The first-order valence-electron chi connectivity index (χ1n) is 12.3. The van der Waals surface area contributed by atoms with Crippen LogP contribution in [0.15, 0.2) is 72.9 Å². The summed E-state index contributed by atoms with van der Waals surface area (Å²) in [6.07, 6.45) is 3.50. The number of amides is 3. The van der Waals surface area contributed by atoms with Gasteiger partial charge in [0.1, 0.15) is 6.54 Å². The van der Waals surface area contributed by atoms with Gasteiger partial charge in [-0.25, -0.2) is 0 Å². The van der Waals surface area contributed by atoms with Crippen molar-refractivity contribution in [1.29, 1.82) is 5.26 Å². The molecule has 1 aromatic heterocycles. The zero-order valence-corrected chi connectivity index (χ0v) is 20.8. The van der Waals surface area contributed by atoms with E-state index in [1.165, 1.54) is 0 Å². The van der Waals surface area contributed by atoms with Gasteiger partial charge < -0.3 is 16.0 Å². The van der Waals surface area contributed by atoms with E-state index in [2.05, 4.69) is 45.3 Å². The highest BCUT2D eigenvalue weighted by atomic mass is 16.2. The molecular weight excluding hydrogens is 480 g/mol. The summed E-state index contributed by atoms with van der Waals surface area (Å²) in [6, 6.07) is 23.0. The van der Waals surface area contributed by atoms with Crippen LogP contribution in [-0.2, 0) is 28.7 Å². The molecule has 190 valence electrons. The first-order valence-corrected chi connectivity index (χ1v) is 12.3. The molecule has 0 saturated heterocycles. The number of aromatic nitrogens is 2. The van der Waals surface area contributed by atoms with E-state index in [4.69, 9.17) is 5.26 Å². The summed E-state index contributed by atoms with van der Waals surface area (Å²) < 4.78 is 1.77. The molecule has 0 spiro atoms. The van der Waals surface area contributed by atoms with Gasteiger partial charge in [-0.3, -0.25) is 19.1 Å². The maximum absolute atomic E-state index is 13.6. The van der Waals surface area contributed by atoms with Crippen LogP contribution >= 0.6 is 0 Å². The van der Waals surface area contributed by atoms with Crippen molar-refractivity contribution < 1.29 is 14.4 Å². The Morgan fingerprint density at radius 2 is 1.74 bits per heavy atom. The number of nitriles is 1. The Balaban J connectivity index is 1.41. The van der Waals surface area contributed by atoms with E-state index in [1.807, 2.05) is 31.4 Å². The summed E-state index contributed by atoms with van der Waals surface area (Å²) in [5.74, 6) is -2.02. The summed E-state index contributed by atoms with van der Waals surface area (Å²) in [5.41, 5.74) is 3.37. The van der Waals surface area contributed by atoms with Crippen molar-refractivity contribution in [3.63, 3.8) is 0 Å². The van der Waals surface area contributed by atoms with E-state index in [-0.39, 0.29) is 19.0 Å². The molecule has 0 atom stereocenters. The Hall–Kier alpha value is -4.97. The second-order valence-electron chi connectivity index (χ2n) is 9.34. The van der Waals surface area contributed by atoms with Crippen LogP contribution in [-0.4, -0.2) is 34.0 Å². The van der Waals surface area contributed by atoms with Gasteiger partial charge in [-0.15, -0.1) is 0 Å². The zero-order valence-electron chi connectivity index (χ0n) is 20.8. The zero-order chi connectivity index (χ0) is 26.7. The quantitative estimate of drug-likeness (QED) is 0.262. The SMILES string of the molecule is Cn1ccc(-c2cc(C3(NC(=O)c4ccccc4CNC(=O)C(=O)NCC#N)CC3)c3ccccc3c2)n1. The maximum Gasteiger partial charge on any atom is 0.310 e. The van der Waals surface area contributed by atoms with Crippen molar-refractivity contribution in [3.8, 4) is 17.3 Å². The normalized spacial score (nSPS) is 13.4. The Kier molecular flexibility index (Phi) is 6.62. The molecule has 3 amide bonds. The minimum Gasteiger partial charge on any atom is -0.344 e. The summed E-state index contributed by atoms with van der Waals surface area (Å²) in [5, 5.41) is 23.3. The number of aryl methyl sites for hydroxylation is 1. The predicted octanol–water partition coefficient (Wildman–Crippen LogP) is 2.92. The van der Waals surface area contributed by atoms with Crippen LogP contribution in [0.3, 0.4) is 0 Å². The lowest BCUT2D eigenvalue weighted by atomic mass is 9.93. The van der Waals surface area contributed by atoms with Crippen molar-refractivity contribution in [3.05, 3.63) is 89.6 Å². The van der Waals surface area contributed by atoms with Crippen LogP contribution in [0, 0.1) is 11.3 Å². The number of carbonyl (C=O) groups is 3. The van der Waals surface area contributed by atoms with Crippen LogP contribution in [0.4, 0.5) is 0 Å². The second-order valence-corrected chi connectivity index (χ2v) is 9.34. The number of hydrogen-bond acceptors (Lipinski definition) is 5. The lowest BCUT2D eigenvalue weighted by molar-refractivity contribution is -0.139. The number of rotatable bonds is 7. The average molecular weight is 507 g/mol. The predicted molar refractivity (Wildman–Crippen MR) is 141 cm³/mol. The summed E-state index contributed by atoms with van der Waals surface area (Å²) in [6.45, 7) is -0.267. The van der Waals surface area contributed by atoms with Crippen LogP contribution in [0.5, 0.6) is 0 Å². The highest BCUT2D eigenvalue weighted by molar-refractivity contribution is 6.35. The third-order valence-electron chi connectivity index (χ3n) is 6.73. The molecule has 3 N–H and O–H groups in total. The summed E-state index contributed by atoms with van der Waals surface area (Å²) in [7, 11) is 1.88. The molecule has 5 rings (SSSR count). The molecule has 0 bridgehead atoms. The Labute approximate surface area is 219 Å². The van der Waals surface area contributed by atoms with E-state index in [9.17, 15) is 14.4 Å². The highest BCUT2D eigenvalue weighted by Crippen LogP contribution is 2.49. The fraction of sp³-hybridized carbons (Fsp3) is 0.207. The molecule has 38 heavy (non-hydrogen) atoms. The number of nitrogens with one attached hydrogen (secondary N) is 3. The van der Waals surface area contributed by atoms with Crippen molar-refractivity contribution >= 4 is 28.5 Å². The molecular formula is C29H26N6O3. The van der Waals surface area contributed by atoms with Gasteiger partial charge in [0, 0.05) is 30.9 Å². The number of benzene rings is 3. The van der Waals surface area contributed by atoms with E-state index >= 15 is 0 Å². The van der Waals surface area contributed by atoms with Gasteiger partial charge in [0.25, 0.3) is 5.91 Å². The number of fused-ring (bicyclic) bond motifs is 1. The van der Waals surface area contributed by atoms with E-state index < -0.39 is 17.4 Å². The summed E-state index contributed by atoms with van der Waals surface area (Å²) in [4.78, 5) is 37.4. The van der Waals surface area contributed by atoms with Crippen molar-refractivity contribution in [1.82, 2.24) is 25.7 Å². The lowest BCUT2D eigenvalue weighted by Gasteiger charge is -2.22. The van der Waals surface area contributed by atoms with Gasteiger partial charge in [-0.2, -0.15) is 10.4 Å². The molecule has 3 aromatic carbocycles. The van der Waals surface area contributed by atoms with E-state index in [0.29, 0.717) is 11.1 Å². The molecule has 0 aliphatic heterocycles. The number of carbonyl (C=O) groups excluding carboxylic acids is 3. The fourth-order valence-corrected chi connectivity index (χ4v) is 4.65. The third-order valence-corrected chi connectivity index (χ3v) is 6.73. The molecule has 1 heterocycles. The van der Waals surface area contributed by atoms with Crippen LogP contribution < -0.4 is 16.0 Å². The Morgan fingerprint density at radius 3 is 2.47 bits per heavy atom. The van der Waals surface area contributed by atoms with E-state index in [0.717, 1.165) is 40.4 Å². The molecule has 1 aliphatic rings. The minimum atomic E-state index is -0.898. The monoisotopic (exact) mass is 506 g/mol. The van der Waals surface area contributed by atoms with Crippen molar-refractivity contribution in [2.24, 2.45) is 7.05 Å². The lowest BCUT2D eigenvalue weighted by Crippen LogP contribution is -2.40. The van der Waals surface area contributed by atoms with Gasteiger partial charge in [0.05, 0.1) is 17.3 Å². The second kappa shape index (κ2) is 10.2. The topological polar surface area (TPSA) is 129 Å². The molecule has 4 aromatic rings. The Bertz CT molecular complexity index is 1600. The molecule has 1 fully saturated rings. The summed E-state index contributed by atoms with van der Waals surface area (Å²) >= 11 is 0. The maximum atomic E-state index is 13.6. The van der Waals surface area contributed by atoms with Crippen molar-refractivity contribution in [2.75, 3.05) is 6.54 Å². The molecule has 1 saturated carbocycles. The molecule has 9 nitrogen and oxygen atoms in total. The van der Waals surface area contributed by atoms with E-state index in [1.54, 1.807) is 35.0 Å². The van der Waals surface area contributed by atoms with Crippen LogP contribution in [0.25, 0.3) is 22.0 Å². The standard InChI is InChI=1S/C29H26N6O3/c1-35-15-10-25(34-35)21-16-19-6-2-4-8-22(19)24(17-21)29(11-12-29)33-26(36)23-9-5-3-7-20(23)18-32-28(38)27(37)31-14-13-30/h2-10,15-17H,11-12,14,18H2,1H3,(H,31,37)(H,32,38)(H,33,36).